The van der Waals surface area contributed by atoms with Gasteiger partial charge in [0.1, 0.15) is 6.10 Å². The van der Waals surface area contributed by atoms with E-state index in [0.29, 0.717) is 19.6 Å². The van der Waals surface area contributed by atoms with Gasteiger partial charge in [-0.1, -0.05) is 0 Å². The molecule has 0 amide bonds. The van der Waals surface area contributed by atoms with Crippen molar-refractivity contribution in [2.45, 2.75) is 6.10 Å². The fourth-order valence-corrected chi connectivity index (χ4v) is 0.817. The third-order valence-electron chi connectivity index (χ3n) is 1.67. The maximum Gasteiger partial charge on any atom is 0.100 e. The Kier molecular flexibility index (Phi) is 23.5. The van der Waals surface area contributed by atoms with Gasteiger partial charge in [0, 0.05) is 19.6 Å². The van der Waals surface area contributed by atoms with Gasteiger partial charge in [-0.3, -0.25) is 4.90 Å². The number of rotatable bonds is 8. The van der Waals surface area contributed by atoms with Gasteiger partial charge in [-0.05, 0) is 0 Å². The van der Waals surface area contributed by atoms with Crippen LogP contribution in [0.25, 0.3) is 0 Å². The topological polar surface area (TPSA) is 125 Å². The molecule has 8 heteroatoms. The minimum atomic E-state index is -0.954. The zero-order chi connectivity index (χ0) is 12.8. The van der Waals surface area contributed by atoms with Crippen molar-refractivity contribution in [3.8, 4) is 0 Å². The summed E-state index contributed by atoms with van der Waals surface area (Å²) in [5.74, 6) is 0. The molecule has 0 atom stereocenters. The highest BCUT2D eigenvalue weighted by Gasteiger charge is 2.00. The standard InChI is InChI=1S/C6H15NO3.C3H8O3.BH3/c8-4-1-7(2-5-9)3-6-10;4-1-3(6)2-5;/h8-10H,1-6H2;3-6H,1-2H2;1H3. The third-order valence-corrected chi connectivity index (χ3v) is 1.67. The molecule has 0 aliphatic carbocycles. The van der Waals surface area contributed by atoms with Crippen LogP contribution in [0.1, 0.15) is 0 Å². The first kappa shape index (κ1) is 22.0. The van der Waals surface area contributed by atoms with Gasteiger partial charge < -0.3 is 30.6 Å². The largest absolute Gasteiger partial charge is 0.395 e. The number of nitrogens with zero attached hydrogens (tertiary/aromatic N) is 1. The van der Waals surface area contributed by atoms with Crippen LogP contribution in [0.3, 0.4) is 0 Å². The van der Waals surface area contributed by atoms with Crippen molar-refractivity contribution in [1.82, 2.24) is 4.90 Å². The van der Waals surface area contributed by atoms with Crippen LogP contribution in [0.4, 0.5) is 0 Å². The average Bonchev–Trinajstić information content (AvgIpc) is 2.30. The Morgan fingerprint density at radius 2 is 1.00 bits per heavy atom. The van der Waals surface area contributed by atoms with Crippen molar-refractivity contribution in [1.29, 1.82) is 0 Å². The Balaban J connectivity index is -0.000000244. The molecule has 106 valence electrons. The molecule has 0 radical (unpaired) electrons. The molecule has 0 aliphatic heterocycles. The first-order valence-electron chi connectivity index (χ1n) is 5.10. The van der Waals surface area contributed by atoms with Crippen LogP contribution >= 0.6 is 0 Å². The molecule has 0 rings (SSSR count). The van der Waals surface area contributed by atoms with Crippen molar-refractivity contribution < 1.29 is 30.6 Å². The van der Waals surface area contributed by atoms with E-state index in [0.717, 1.165) is 0 Å². The summed E-state index contributed by atoms with van der Waals surface area (Å²) in [5.41, 5.74) is 0. The van der Waals surface area contributed by atoms with E-state index in [4.69, 9.17) is 30.6 Å². The van der Waals surface area contributed by atoms with Crippen molar-refractivity contribution >= 4 is 8.41 Å². The molecule has 0 saturated carbocycles. The van der Waals surface area contributed by atoms with Crippen LogP contribution in [-0.2, 0) is 0 Å². The molecule has 0 heterocycles. The van der Waals surface area contributed by atoms with Gasteiger partial charge in [-0.2, -0.15) is 0 Å². The second kappa shape index (κ2) is 18.2. The molecule has 0 saturated heterocycles. The molecule has 6 N–H and O–H groups in total. The molecule has 0 spiro atoms. The Morgan fingerprint density at radius 1 is 0.706 bits per heavy atom. The fourth-order valence-electron chi connectivity index (χ4n) is 0.817. The zero-order valence-corrected chi connectivity index (χ0v) is 9.36. The smallest absolute Gasteiger partial charge is 0.100 e. The van der Waals surface area contributed by atoms with E-state index in [1.807, 2.05) is 0 Å². The normalized spacial score (nSPS) is 9.88. The second-order valence-electron chi connectivity index (χ2n) is 3.03. The molecular formula is C9H26BNO6. The molecule has 0 fully saturated rings. The molecular weight excluding hydrogens is 229 g/mol. The van der Waals surface area contributed by atoms with Gasteiger partial charge in [-0.25, -0.2) is 0 Å². The number of hydrogen-bond acceptors (Lipinski definition) is 7. The summed E-state index contributed by atoms with van der Waals surface area (Å²) in [6, 6.07) is 0. The van der Waals surface area contributed by atoms with Gasteiger partial charge in [0.15, 0.2) is 0 Å². The predicted octanol–water partition coefficient (Wildman–Crippen LogP) is -4.59. The quantitative estimate of drug-likeness (QED) is 0.241. The van der Waals surface area contributed by atoms with Crippen LogP contribution in [0.2, 0.25) is 0 Å². The SMILES string of the molecule is B.OCC(O)CO.OCCN(CCO)CCO. The minimum Gasteiger partial charge on any atom is -0.395 e. The summed E-state index contributed by atoms with van der Waals surface area (Å²) in [4.78, 5) is 1.79. The Hall–Kier alpha value is -0.215. The van der Waals surface area contributed by atoms with Gasteiger partial charge in [0.05, 0.1) is 41.4 Å². The van der Waals surface area contributed by atoms with E-state index in [1.165, 1.54) is 0 Å². The molecule has 0 aromatic heterocycles. The van der Waals surface area contributed by atoms with Crippen LogP contribution in [0.5, 0.6) is 0 Å². The maximum absolute atomic E-state index is 8.48. The molecule has 0 aromatic carbocycles. The maximum atomic E-state index is 8.48. The molecule has 0 aromatic rings. The molecule has 0 aliphatic rings. The highest BCUT2D eigenvalue weighted by molar-refractivity contribution is 5.75. The molecule has 17 heavy (non-hydrogen) atoms. The van der Waals surface area contributed by atoms with E-state index in [1.54, 1.807) is 4.90 Å². The minimum absolute atomic E-state index is 0. The van der Waals surface area contributed by atoms with Gasteiger partial charge >= 0.3 is 0 Å². The second-order valence-corrected chi connectivity index (χ2v) is 3.03. The first-order valence-corrected chi connectivity index (χ1v) is 5.10. The van der Waals surface area contributed by atoms with Crippen molar-refractivity contribution in [2.24, 2.45) is 0 Å². The van der Waals surface area contributed by atoms with E-state index in [-0.39, 0.29) is 41.4 Å². The zero-order valence-electron chi connectivity index (χ0n) is 9.36. The van der Waals surface area contributed by atoms with Gasteiger partial charge in [-0.15, -0.1) is 0 Å². The summed E-state index contributed by atoms with van der Waals surface area (Å²) in [5, 5.41) is 49.5. The average molecular weight is 255 g/mol. The van der Waals surface area contributed by atoms with E-state index in [2.05, 4.69) is 0 Å². The van der Waals surface area contributed by atoms with E-state index in [9.17, 15) is 0 Å². The first-order chi connectivity index (χ1) is 7.65. The highest BCUT2D eigenvalue weighted by Crippen LogP contribution is 1.84. The van der Waals surface area contributed by atoms with Crippen molar-refractivity contribution in [2.75, 3.05) is 52.7 Å². The lowest BCUT2D eigenvalue weighted by Crippen LogP contribution is -2.32. The van der Waals surface area contributed by atoms with Gasteiger partial charge in [0.2, 0.25) is 0 Å². The molecule has 0 bridgehead atoms. The molecule has 0 unspecified atom stereocenters. The summed E-state index contributed by atoms with van der Waals surface area (Å²) in [6.45, 7) is 1.02. The monoisotopic (exact) mass is 255 g/mol. The van der Waals surface area contributed by atoms with E-state index < -0.39 is 6.10 Å². The molecule has 7 nitrogen and oxygen atoms in total. The summed E-state index contributed by atoms with van der Waals surface area (Å²) >= 11 is 0. The lowest BCUT2D eigenvalue weighted by Gasteiger charge is -2.17. The van der Waals surface area contributed by atoms with Crippen LogP contribution in [0, 0.1) is 0 Å². The summed E-state index contributed by atoms with van der Waals surface area (Å²) in [6.07, 6.45) is -0.954. The van der Waals surface area contributed by atoms with Gasteiger partial charge in [0.25, 0.3) is 0 Å². The summed E-state index contributed by atoms with van der Waals surface area (Å²) < 4.78 is 0. The van der Waals surface area contributed by atoms with Crippen LogP contribution in [0.15, 0.2) is 0 Å². The Morgan fingerprint density at radius 3 is 1.12 bits per heavy atom. The Bertz CT molecular complexity index is 114. The Labute approximate surface area is 104 Å². The fraction of sp³-hybridized carbons (Fsp3) is 1.00. The van der Waals surface area contributed by atoms with E-state index >= 15 is 0 Å². The number of hydrogen-bond donors (Lipinski definition) is 6. The number of aliphatic hydroxyl groups excluding tert-OH is 6. The van der Waals surface area contributed by atoms with Crippen LogP contribution < -0.4 is 0 Å². The summed E-state index contributed by atoms with van der Waals surface area (Å²) in [7, 11) is 0. The van der Waals surface area contributed by atoms with Crippen molar-refractivity contribution in [3.63, 3.8) is 0 Å². The lowest BCUT2D eigenvalue weighted by molar-refractivity contribution is 0.0450. The van der Waals surface area contributed by atoms with Crippen molar-refractivity contribution in [3.05, 3.63) is 0 Å². The predicted molar refractivity (Wildman–Crippen MR) is 67.8 cm³/mol. The number of aliphatic hydroxyl groups is 6. The van der Waals surface area contributed by atoms with Crippen LogP contribution in [-0.4, -0.2) is 103 Å². The lowest BCUT2D eigenvalue weighted by atomic mass is 10.4. The third kappa shape index (κ3) is 18.4. The highest BCUT2D eigenvalue weighted by atomic mass is 16.3.